The quantitative estimate of drug-likeness (QED) is 0.503. The van der Waals surface area contributed by atoms with Gasteiger partial charge in [0.05, 0.1) is 12.5 Å². The van der Waals surface area contributed by atoms with Crippen LogP contribution in [0.4, 0.5) is 0 Å². The minimum Gasteiger partial charge on any atom is -0.462 e. The van der Waals surface area contributed by atoms with Crippen LogP contribution in [-0.2, 0) is 9.53 Å². The molecular formula is C33H44N2O3. The second-order valence-corrected chi connectivity index (χ2v) is 12.3. The van der Waals surface area contributed by atoms with Crippen LogP contribution in [0, 0.1) is 5.92 Å². The average Bonchev–Trinajstić information content (AvgIpc) is 2.98. The Kier molecular flexibility index (Phi) is 7.87. The van der Waals surface area contributed by atoms with E-state index in [9.17, 15) is 9.90 Å². The lowest BCUT2D eigenvalue weighted by molar-refractivity contribution is -0.170. The van der Waals surface area contributed by atoms with Crippen LogP contribution >= 0.6 is 0 Å². The van der Waals surface area contributed by atoms with Crippen LogP contribution in [-0.4, -0.2) is 71.3 Å². The van der Waals surface area contributed by atoms with E-state index >= 15 is 0 Å². The first kappa shape index (κ1) is 26.0. The standard InChI is InChI=1S/C33H44N2O3/c36-27-14-19-34(20-15-27)21-16-31(37)38-30-24-33(35-17-8-3-9-18-35)22-28(25-10-4-1-5-11-25)32(30)29(23-33)26-12-6-2-7-13-26/h1-2,4-7,10-13,27-30,32,36H,3,8-9,14-24H2/t28-,29-,30-,32?,33?/m0/s1. The number of carbonyl (C=O) groups excluding carboxylic acids is 1. The third-order valence-electron chi connectivity index (χ3n) is 10.1. The van der Waals surface area contributed by atoms with Gasteiger partial charge in [-0.3, -0.25) is 9.69 Å². The number of hydrogen-bond acceptors (Lipinski definition) is 5. The van der Waals surface area contributed by atoms with Gasteiger partial charge in [-0.25, -0.2) is 0 Å². The van der Waals surface area contributed by atoms with Gasteiger partial charge < -0.3 is 14.7 Å². The molecule has 5 nitrogen and oxygen atoms in total. The number of likely N-dealkylation sites (tertiary alicyclic amines) is 2. The summed E-state index contributed by atoms with van der Waals surface area (Å²) in [5.41, 5.74) is 2.86. The van der Waals surface area contributed by atoms with Crippen molar-refractivity contribution in [2.24, 2.45) is 5.92 Å². The molecule has 2 aliphatic heterocycles. The Hall–Kier alpha value is -2.21. The molecule has 2 heterocycles. The number of benzene rings is 2. The van der Waals surface area contributed by atoms with Crippen molar-refractivity contribution >= 4 is 5.97 Å². The number of carbonyl (C=O) groups is 1. The first-order valence-corrected chi connectivity index (χ1v) is 15.1. The van der Waals surface area contributed by atoms with Crippen molar-refractivity contribution in [1.29, 1.82) is 0 Å². The van der Waals surface area contributed by atoms with Crippen LogP contribution in [0.2, 0.25) is 0 Å². The van der Waals surface area contributed by atoms with E-state index in [0.29, 0.717) is 24.2 Å². The number of fused-ring (bicyclic) bond motifs is 3. The van der Waals surface area contributed by atoms with Crippen LogP contribution in [0.3, 0.4) is 0 Å². The van der Waals surface area contributed by atoms with Crippen molar-refractivity contribution in [3.8, 4) is 0 Å². The smallest absolute Gasteiger partial charge is 0.307 e. The highest BCUT2D eigenvalue weighted by atomic mass is 16.5. The molecule has 3 aliphatic carbocycles. The van der Waals surface area contributed by atoms with Crippen LogP contribution in [0.5, 0.6) is 0 Å². The summed E-state index contributed by atoms with van der Waals surface area (Å²) in [7, 11) is 0. The molecule has 2 aromatic rings. The summed E-state index contributed by atoms with van der Waals surface area (Å²) in [6, 6.07) is 22.1. The molecule has 3 atom stereocenters. The number of nitrogens with zero attached hydrogens (tertiary/aromatic N) is 2. The minimum absolute atomic E-state index is 0.0545. The number of aliphatic hydroxyl groups is 1. The molecular weight excluding hydrogens is 472 g/mol. The summed E-state index contributed by atoms with van der Waals surface area (Å²) in [5, 5.41) is 9.83. The highest BCUT2D eigenvalue weighted by Crippen LogP contribution is 2.60. The van der Waals surface area contributed by atoms with Crippen molar-refractivity contribution in [2.75, 3.05) is 32.7 Å². The highest BCUT2D eigenvalue weighted by Gasteiger charge is 2.59. The summed E-state index contributed by atoms with van der Waals surface area (Å²) in [4.78, 5) is 18.4. The Morgan fingerprint density at radius 3 is 1.97 bits per heavy atom. The summed E-state index contributed by atoms with van der Waals surface area (Å²) in [5.74, 6) is 1.00. The molecule has 1 N–H and O–H groups in total. The van der Waals surface area contributed by atoms with Gasteiger partial charge >= 0.3 is 5.97 Å². The lowest BCUT2D eigenvalue weighted by atomic mass is 9.51. The molecule has 0 amide bonds. The van der Waals surface area contributed by atoms with Crippen molar-refractivity contribution < 1.29 is 14.6 Å². The summed E-state index contributed by atoms with van der Waals surface area (Å²) in [6.07, 6.45) is 8.94. The first-order valence-electron chi connectivity index (χ1n) is 15.1. The van der Waals surface area contributed by atoms with Crippen LogP contribution in [0.1, 0.15) is 80.8 Å². The number of piperidine rings is 2. The zero-order valence-corrected chi connectivity index (χ0v) is 22.7. The third kappa shape index (κ3) is 5.43. The SMILES string of the molecule is O=C(CCN1CCC(O)CC1)O[C@H]1CC2(N3CCCCC3)C[C@@H](c3ccccc3)C1[C@H](c1ccccc1)C2. The Labute approximate surface area is 228 Å². The van der Waals surface area contributed by atoms with E-state index < -0.39 is 0 Å². The predicted octanol–water partition coefficient (Wildman–Crippen LogP) is 5.35. The fourth-order valence-corrected chi connectivity index (χ4v) is 8.23. The molecule has 2 aromatic carbocycles. The van der Waals surface area contributed by atoms with E-state index in [2.05, 4.69) is 70.5 Å². The topological polar surface area (TPSA) is 53.0 Å². The molecule has 38 heavy (non-hydrogen) atoms. The zero-order valence-electron chi connectivity index (χ0n) is 22.7. The van der Waals surface area contributed by atoms with Crippen LogP contribution in [0.25, 0.3) is 0 Å². The van der Waals surface area contributed by atoms with Crippen molar-refractivity contribution in [3.63, 3.8) is 0 Å². The number of hydrogen-bond donors (Lipinski definition) is 1. The summed E-state index contributed by atoms with van der Waals surface area (Å²) >= 11 is 0. The first-order chi connectivity index (χ1) is 18.6. The number of rotatable bonds is 7. The molecule has 0 unspecified atom stereocenters. The Balaban J connectivity index is 1.29. The monoisotopic (exact) mass is 516 g/mol. The molecule has 204 valence electrons. The summed E-state index contributed by atoms with van der Waals surface area (Å²) in [6.45, 7) is 4.78. The zero-order chi connectivity index (χ0) is 26.0. The predicted molar refractivity (Wildman–Crippen MR) is 150 cm³/mol. The van der Waals surface area contributed by atoms with Gasteiger partial charge in [-0.2, -0.15) is 0 Å². The van der Waals surface area contributed by atoms with Crippen molar-refractivity contribution in [2.45, 2.75) is 87.4 Å². The largest absolute Gasteiger partial charge is 0.462 e. The van der Waals surface area contributed by atoms with Gasteiger partial charge in [-0.05, 0) is 74.6 Å². The Morgan fingerprint density at radius 1 is 0.816 bits per heavy atom. The lowest BCUT2D eigenvalue weighted by Gasteiger charge is -2.62. The molecule has 5 heteroatoms. The fourth-order valence-electron chi connectivity index (χ4n) is 8.23. The summed E-state index contributed by atoms with van der Waals surface area (Å²) < 4.78 is 6.52. The minimum atomic E-state index is -0.188. The number of ether oxygens (including phenoxy) is 1. The maximum atomic E-state index is 13.3. The molecule has 7 rings (SSSR count). The van der Waals surface area contributed by atoms with Crippen molar-refractivity contribution in [3.05, 3.63) is 71.8 Å². The molecule has 2 saturated heterocycles. The van der Waals surface area contributed by atoms with E-state index in [4.69, 9.17) is 4.74 Å². The molecule has 2 bridgehead atoms. The van der Waals surface area contributed by atoms with E-state index in [1.165, 1.54) is 30.4 Å². The maximum Gasteiger partial charge on any atom is 0.307 e. The van der Waals surface area contributed by atoms with Crippen molar-refractivity contribution in [1.82, 2.24) is 9.80 Å². The molecule has 5 aliphatic rings. The van der Waals surface area contributed by atoms with E-state index in [0.717, 1.165) is 64.8 Å². The lowest BCUT2D eigenvalue weighted by Crippen LogP contribution is -2.64. The van der Waals surface area contributed by atoms with Gasteiger partial charge in [0, 0.05) is 37.5 Å². The maximum absolute atomic E-state index is 13.3. The van der Waals surface area contributed by atoms with E-state index in [1.807, 2.05) is 0 Å². The second kappa shape index (κ2) is 11.5. The Bertz CT molecular complexity index is 997. The molecule has 0 spiro atoms. The fraction of sp³-hybridized carbons (Fsp3) is 0.606. The normalized spacial score (nSPS) is 32.8. The number of esters is 1. The van der Waals surface area contributed by atoms with E-state index in [-0.39, 0.29) is 23.7 Å². The van der Waals surface area contributed by atoms with Crippen LogP contribution < -0.4 is 0 Å². The van der Waals surface area contributed by atoms with Gasteiger partial charge in [0.15, 0.2) is 0 Å². The van der Waals surface area contributed by atoms with Gasteiger partial charge in [-0.15, -0.1) is 0 Å². The van der Waals surface area contributed by atoms with Crippen LogP contribution in [0.15, 0.2) is 60.7 Å². The molecule has 5 fully saturated rings. The third-order valence-corrected chi connectivity index (χ3v) is 10.1. The second-order valence-electron chi connectivity index (χ2n) is 12.3. The average molecular weight is 517 g/mol. The Morgan fingerprint density at radius 2 is 1.39 bits per heavy atom. The number of aliphatic hydroxyl groups excluding tert-OH is 1. The van der Waals surface area contributed by atoms with Gasteiger partial charge in [0.25, 0.3) is 0 Å². The molecule has 0 radical (unpaired) electrons. The molecule has 0 aromatic heterocycles. The van der Waals surface area contributed by atoms with E-state index in [1.54, 1.807) is 0 Å². The highest BCUT2D eigenvalue weighted by molar-refractivity contribution is 5.70. The van der Waals surface area contributed by atoms with Gasteiger partial charge in [0.1, 0.15) is 6.10 Å². The molecule has 3 saturated carbocycles. The van der Waals surface area contributed by atoms with Gasteiger partial charge in [0.2, 0.25) is 0 Å². The van der Waals surface area contributed by atoms with Gasteiger partial charge in [-0.1, -0.05) is 67.1 Å².